The number of rotatable bonds is 7. The summed E-state index contributed by atoms with van der Waals surface area (Å²) in [7, 11) is 1.29. The van der Waals surface area contributed by atoms with Crippen LogP contribution >= 0.6 is 12.4 Å². The molecule has 112 valence electrons. The van der Waals surface area contributed by atoms with Gasteiger partial charge in [0.15, 0.2) is 0 Å². The predicted molar refractivity (Wildman–Crippen MR) is 68.3 cm³/mol. The Bertz CT molecular complexity index is 369. The monoisotopic (exact) mass is 301 g/mol. The van der Waals surface area contributed by atoms with Crippen LogP contribution in [-0.2, 0) is 24.5 Å². The Hall–Kier alpha value is -0.790. The van der Waals surface area contributed by atoms with E-state index in [4.69, 9.17) is 4.74 Å². The second-order valence-electron chi connectivity index (χ2n) is 3.87. The fourth-order valence-corrected chi connectivity index (χ4v) is 1.64. The maximum Gasteiger partial charge on any atom is 0.433 e. The molecule has 1 rings (SSSR count). The first-order valence-electron chi connectivity index (χ1n) is 5.83. The summed E-state index contributed by atoms with van der Waals surface area (Å²) in [5.41, 5.74) is -0.527. The van der Waals surface area contributed by atoms with Crippen LogP contribution in [0.4, 0.5) is 13.2 Å². The van der Waals surface area contributed by atoms with Crippen molar-refractivity contribution in [1.82, 2.24) is 15.1 Å². The minimum absolute atomic E-state index is 0. The van der Waals surface area contributed by atoms with E-state index in [2.05, 4.69) is 10.4 Å². The van der Waals surface area contributed by atoms with E-state index in [-0.39, 0.29) is 24.5 Å². The highest BCUT2D eigenvalue weighted by Crippen LogP contribution is 2.31. The number of ether oxygens (including phenoxy) is 1. The lowest BCUT2D eigenvalue weighted by Crippen LogP contribution is -2.20. The minimum atomic E-state index is -4.37. The minimum Gasteiger partial charge on any atom is -0.382 e. The van der Waals surface area contributed by atoms with E-state index in [0.29, 0.717) is 19.8 Å². The van der Waals surface area contributed by atoms with Crippen LogP contribution in [0, 0.1) is 0 Å². The highest BCUT2D eigenvalue weighted by Gasteiger charge is 2.36. The van der Waals surface area contributed by atoms with Crippen LogP contribution in [0.5, 0.6) is 0 Å². The van der Waals surface area contributed by atoms with Crippen molar-refractivity contribution in [2.75, 3.05) is 19.8 Å². The molecule has 1 aromatic heterocycles. The van der Waals surface area contributed by atoms with Gasteiger partial charge in [-0.1, -0.05) is 0 Å². The molecule has 0 radical (unpaired) electrons. The second kappa shape index (κ2) is 8.39. The summed E-state index contributed by atoms with van der Waals surface area (Å²) in [5.74, 6) is 0. The molecule has 4 nitrogen and oxygen atoms in total. The molecule has 0 bridgehead atoms. The maximum atomic E-state index is 12.7. The van der Waals surface area contributed by atoms with Crippen LogP contribution in [0.15, 0.2) is 6.20 Å². The standard InChI is InChI=1S/C11H18F3N3O.ClH/c1-3-18-6-4-5-15-7-9-8-16-17(2)10(9)11(12,13)14;/h8,15H,3-7H2,1-2H3;1H. The average Bonchev–Trinajstić information content (AvgIpc) is 2.64. The fraction of sp³-hybridized carbons (Fsp3) is 0.727. The quantitative estimate of drug-likeness (QED) is 0.786. The number of hydrogen-bond acceptors (Lipinski definition) is 3. The molecule has 1 heterocycles. The summed E-state index contributed by atoms with van der Waals surface area (Å²) in [6.45, 7) is 3.95. The summed E-state index contributed by atoms with van der Waals surface area (Å²) in [6.07, 6.45) is -2.35. The van der Waals surface area contributed by atoms with Gasteiger partial charge in [-0.2, -0.15) is 18.3 Å². The van der Waals surface area contributed by atoms with Gasteiger partial charge < -0.3 is 10.1 Å². The van der Waals surface area contributed by atoms with Gasteiger partial charge in [0.1, 0.15) is 5.69 Å². The van der Waals surface area contributed by atoms with Crippen LogP contribution in [0.3, 0.4) is 0 Å². The van der Waals surface area contributed by atoms with E-state index in [1.54, 1.807) is 0 Å². The Labute approximate surface area is 116 Å². The number of aromatic nitrogens is 2. The molecule has 0 saturated heterocycles. The number of aryl methyl sites for hydroxylation is 1. The first-order valence-corrected chi connectivity index (χ1v) is 5.83. The SMILES string of the molecule is CCOCCCNCc1cnn(C)c1C(F)(F)F.Cl. The highest BCUT2D eigenvalue weighted by molar-refractivity contribution is 5.85. The lowest BCUT2D eigenvalue weighted by Gasteiger charge is -2.10. The van der Waals surface area contributed by atoms with Gasteiger partial charge in [0.25, 0.3) is 0 Å². The van der Waals surface area contributed by atoms with Crippen molar-refractivity contribution in [2.24, 2.45) is 7.05 Å². The first-order chi connectivity index (χ1) is 8.46. The van der Waals surface area contributed by atoms with Crippen molar-refractivity contribution >= 4 is 12.4 Å². The van der Waals surface area contributed by atoms with Gasteiger partial charge in [-0.3, -0.25) is 4.68 Å². The van der Waals surface area contributed by atoms with Gasteiger partial charge in [-0.05, 0) is 19.9 Å². The number of hydrogen-bond donors (Lipinski definition) is 1. The molecule has 0 saturated carbocycles. The van der Waals surface area contributed by atoms with Crippen LogP contribution in [0.25, 0.3) is 0 Å². The topological polar surface area (TPSA) is 39.1 Å². The van der Waals surface area contributed by atoms with E-state index >= 15 is 0 Å². The normalized spacial score (nSPS) is 11.4. The maximum absolute atomic E-state index is 12.7. The summed E-state index contributed by atoms with van der Waals surface area (Å²) in [6, 6.07) is 0. The van der Waals surface area contributed by atoms with Gasteiger partial charge in [0.05, 0.1) is 6.20 Å². The van der Waals surface area contributed by atoms with E-state index < -0.39 is 11.9 Å². The van der Waals surface area contributed by atoms with E-state index in [0.717, 1.165) is 11.1 Å². The van der Waals surface area contributed by atoms with Gasteiger partial charge >= 0.3 is 6.18 Å². The van der Waals surface area contributed by atoms with Crippen LogP contribution in [0.2, 0.25) is 0 Å². The Kier molecular flexibility index (Phi) is 8.05. The molecule has 0 aromatic carbocycles. The molecule has 0 amide bonds. The zero-order valence-electron chi connectivity index (χ0n) is 11.0. The molecule has 0 fully saturated rings. The van der Waals surface area contributed by atoms with Crippen LogP contribution in [-0.4, -0.2) is 29.5 Å². The molecule has 0 aliphatic carbocycles. The number of nitrogens with zero attached hydrogens (tertiary/aromatic N) is 2. The average molecular weight is 302 g/mol. The predicted octanol–water partition coefficient (Wildman–Crippen LogP) is 2.38. The van der Waals surface area contributed by atoms with Crippen molar-refractivity contribution in [3.05, 3.63) is 17.5 Å². The molecule has 8 heteroatoms. The Morgan fingerprint density at radius 2 is 2.11 bits per heavy atom. The Balaban J connectivity index is 0.00000324. The molecule has 19 heavy (non-hydrogen) atoms. The Morgan fingerprint density at radius 3 is 2.68 bits per heavy atom. The first kappa shape index (κ1) is 18.2. The summed E-state index contributed by atoms with van der Waals surface area (Å²) in [4.78, 5) is 0. The zero-order valence-corrected chi connectivity index (χ0v) is 11.8. The van der Waals surface area contributed by atoms with Crippen molar-refractivity contribution < 1.29 is 17.9 Å². The molecular weight excluding hydrogens is 283 g/mol. The third kappa shape index (κ3) is 5.80. The number of nitrogens with one attached hydrogen (secondary N) is 1. The smallest absolute Gasteiger partial charge is 0.382 e. The Morgan fingerprint density at radius 1 is 1.42 bits per heavy atom. The van der Waals surface area contributed by atoms with Gasteiger partial charge in [-0.15, -0.1) is 12.4 Å². The number of alkyl halides is 3. The lowest BCUT2D eigenvalue weighted by atomic mass is 10.2. The molecule has 1 aromatic rings. The largest absolute Gasteiger partial charge is 0.433 e. The van der Waals surface area contributed by atoms with Crippen LogP contribution < -0.4 is 5.32 Å². The van der Waals surface area contributed by atoms with Crippen molar-refractivity contribution in [1.29, 1.82) is 0 Å². The lowest BCUT2D eigenvalue weighted by molar-refractivity contribution is -0.144. The van der Waals surface area contributed by atoms with Gasteiger partial charge in [-0.25, -0.2) is 0 Å². The third-order valence-corrected chi connectivity index (χ3v) is 2.44. The molecule has 1 N–H and O–H groups in total. The molecular formula is C11H19ClF3N3O. The van der Waals surface area contributed by atoms with E-state index in [1.807, 2.05) is 6.92 Å². The zero-order chi connectivity index (χ0) is 13.6. The van der Waals surface area contributed by atoms with E-state index in [1.165, 1.54) is 13.2 Å². The van der Waals surface area contributed by atoms with Gasteiger partial charge in [0, 0.05) is 32.4 Å². The third-order valence-electron chi connectivity index (χ3n) is 2.44. The second-order valence-corrected chi connectivity index (χ2v) is 3.87. The van der Waals surface area contributed by atoms with E-state index in [9.17, 15) is 13.2 Å². The number of halogens is 4. The summed E-state index contributed by atoms with van der Waals surface area (Å²) in [5, 5.41) is 6.60. The molecule has 0 atom stereocenters. The van der Waals surface area contributed by atoms with Gasteiger partial charge in [0.2, 0.25) is 0 Å². The molecule has 0 unspecified atom stereocenters. The fourth-order valence-electron chi connectivity index (χ4n) is 1.64. The summed E-state index contributed by atoms with van der Waals surface area (Å²) >= 11 is 0. The molecule has 0 spiro atoms. The summed E-state index contributed by atoms with van der Waals surface area (Å²) < 4.78 is 44.1. The highest BCUT2D eigenvalue weighted by atomic mass is 35.5. The molecule has 0 aliphatic rings. The molecule has 0 aliphatic heterocycles. The van der Waals surface area contributed by atoms with Crippen LogP contribution in [0.1, 0.15) is 24.6 Å². The van der Waals surface area contributed by atoms with Crippen molar-refractivity contribution in [3.8, 4) is 0 Å². The van der Waals surface area contributed by atoms with Crippen molar-refractivity contribution in [3.63, 3.8) is 0 Å². The van der Waals surface area contributed by atoms with Crippen molar-refractivity contribution in [2.45, 2.75) is 26.1 Å².